The zero-order valence-corrected chi connectivity index (χ0v) is 12.0. The van der Waals surface area contributed by atoms with Crippen molar-refractivity contribution >= 4 is 13.6 Å². The Hall–Kier alpha value is -0.823. The molecular weight excluding hydrogens is 208 g/mol. The second kappa shape index (κ2) is 3.88. The topological polar surface area (TPSA) is 0 Å². The Morgan fingerprint density at radius 3 is 2.25 bits per heavy atom. The van der Waals surface area contributed by atoms with Gasteiger partial charge in [0.2, 0.25) is 0 Å². The highest BCUT2D eigenvalue weighted by molar-refractivity contribution is 6.81. The Morgan fingerprint density at radius 1 is 1.00 bits per heavy atom. The Balaban J connectivity index is 2.54. The lowest BCUT2D eigenvalue weighted by Crippen LogP contribution is -2.17. The lowest BCUT2D eigenvalue weighted by Gasteiger charge is -2.16. The average molecular weight is 230 g/mol. The summed E-state index contributed by atoms with van der Waals surface area (Å²) in [6, 6.07) is 8.92. The first-order valence-electron chi connectivity index (χ1n) is 6.22. The van der Waals surface area contributed by atoms with Crippen molar-refractivity contribution in [2.45, 2.75) is 39.4 Å². The zero-order chi connectivity index (χ0) is 11.9. The first-order valence-corrected chi connectivity index (χ1v) is 9.80. The third-order valence-corrected chi connectivity index (χ3v) is 4.77. The first-order chi connectivity index (χ1) is 7.40. The molecule has 0 spiro atoms. The van der Waals surface area contributed by atoms with E-state index in [-0.39, 0.29) is 0 Å². The molecule has 1 aromatic rings. The number of rotatable bonds is 1. The van der Waals surface area contributed by atoms with E-state index in [1.54, 1.807) is 11.1 Å². The van der Waals surface area contributed by atoms with E-state index >= 15 is 0 Å². The van der Waals surface area contributed by atoms with Gasteiger partial charge in [-0.15, -0.1) is 0 Å². The van der Waals surface area contributed by atoms with Gasteiger partial charge in [-0.25, -0.2) is 0 Å². The van der Waals surface area contributed by atoms with E-state index in [1.807, 2.05) is 0 Å². The van der Waals surface area contributed by atoms with Gasteiger partial charge in [0.1, 0.15) is 0 Å². The van der Waals surface area contributed by atoms with Gasteiger partial charge in [-0.05, 0) is 28.5 Å². The summed E-state index contributed by atoms with van der Waals surface area (Å²) in [5.74, 6) is 1.36. The Morgan fingerprint density at radius 2 is 1.62 bits per heavy atom. The Kier molecular flexibility index (Phi) is 2.83. The van der Waals surface area contributed by atoms with Crippen LogP contribution in [-0.4, -0.2) is 8.07 Å². The van der Waals surface area contributed by atoms with Crippen LogP contribution >= 0.6 is 0 Å². The first kappa shape index (κ1) is 11.7. The lowest BCUT2D eigenvalue weighted by atomic mass is 9.95. The summed E-state index contributed by atoms with van der Waals surface area (Å²) in [6.45, 7) is 12.0. The van der Waals surface area contributed by atoms with Crippen LogP contribution < -0.4 is 0 Å². The molecule has 0 bridgehead atoms. The minimum Gasteiger partial charge on any atom is -0.0910 e. The molecule has 0 amide bonds. The van der Waals surface area contributed by atoms with E-state index < -0.39 is 8.07 Å². The molecule has 1 aliphatic rings. The van der Waals surface area contributed by atoms with Gasteiger partial charge >= 0.3 is 0 Å². The summed E-state index contributed by atoms with van der Waals surface area (Å²) < 4.78 is 0. The number of allylic oxidation sites excluding steroid dienone is 1. The monoisotopic (exact) mass is 230 g/mol. The highest BCUT2D eigenvalue weighted by Gasteiger charge is 2.30. The summed E-state index contributed by atoms with van der Waals surface area (Å²) in [5, 5.41) is 0. The van der Waals surface area contributed by atoms with Crippen LogP contribution in [0.1, 0.15) is 30.9 Å². The molecule has 0 saturated carbocycles. The fraction of sp³-hybridized carbons (Fsp3) is 0.467. The summed E-state index contributed by atoms with van der Waals surface area (Å²) in [5.41, 5.74) is 7.23. The van der Waals surface area contributed by atoms with Crippen LogP contribution in [0.25, 0.3) is 5.57 Å². The molecule has 16 heavy (non-hydrogen) atoms. The highest BCUT2D eigenvalue weighted by Crippen LogP contribution is 2.45. The molecule has 2 unspecified atom stereocenters. The predicted octanol–water partition coefficient (Wildman–Crippen LogP) is 4.70. The van der Waals surface area contributed by atoms with E-state index in [1.165, 1.54) is 5.56 Å². The normalized spacial score (nSPS) is 27.2. The third-order valence-electron chi connectivity index (χ3n) is 3.59. The van der Waals surface area contributed by atoms with Crippen LogP contribution in [-0.2, 0) is 0 Å². The fourth-order valence-electron chi connectivity index (χ4n) is 2.62. The molecule has 1 heteroatoms. The van der Waals surface area contributed by atoms with Crippen molar-refractivity contribution in [1.29, 1.82) is 0 Å². The van der Waals surface area contributed by atoms with Crippen molar-refractivity contribution in [3.63, 3.8) is 0 Å². The van der Waals surface area contributed by atoms with E-state index in [0.717, 1.165) is 0 Å². The molecular formula is C15H22Si. The molecule has 0 N–H and O–H groups in total. The zero-order valence-electron chi connectivity index (χ0n) is 11.0. The molecule has 2 rings (SSSR count). The molecule has 1 aromatic carbocycles. The molecule has 1 aliphatic carbocycles. The number of hydrogen-bond donors (Lipinski definition) is 0. The third kappa shape index (κ3) is 2.01. The van der Waals surface area contributed by atoms with Crippen molar-refractivity contribution in [2.24, 2.45) is 5.92 Å². The quantitative estimate of drug-likeness (QED) is 0.613. The van der Waals surface area contributed by atoms with E-state index in [9.17, 15) is 0 Å². The van der Waals surface area contributed by atoms with Gasteiger partial charge in [0.05, 0.1) is 8.07 Å². The van der Waals surface area contributed by atoms with E-state index in [4.69, 9.17) is 0 Å². The van der Waals surface area contributed by atoms with Crippen LogP contribution in [0.15, 0.2) is 30.0 Å². The number of hydrogen-bond acceptors (Lipinski definition) is 0. The van der Waals surface area contributed by atoms with Gasteiger partial charge in [0.25, 0.3) is 0 Å². The van der Waals surface area contributed by atoms with Gasteiger partial charge in [0.15, 0.2) is 0 Å². The molecule has 0 radical (unpaired) electrons. The Bertz CT molecular complexity index is 423. The van der Waals surface area contributed by atoms with Crippen LogP contribution in [0, 0.1) is 5.92 Å². The second-order valence-electron chi connectivity index (χ2n) is 6.13. The van der Waals surface area contributed by atoms with Crippen molar-refractivity contribution < 1.29 is 0 Å². The second-order valence-corrected chi connectivity index (χ2v) is 11.2. The summed E-state index contributed by atoms with van der Waals surface area (Å²) in [4.78, 5) is 0. The van der Waals surface area contributed by atoms with E-state index in [0.29, 0.717) is 11.8 Å². The standard InChI is InChI=1S/C15H22Si/c1-11-12(2)15(10-16(3,4)5)14-9-7-6-8-13(11)14/h6-12H,1-5H3/b15-10-. The SMILES string of the molecule is CC1/C(=C/[Si](C)(C)C)c2ccccc2C1C. The summed E-state index contributed by atoms with van der Waals surface area (Å²) >= 11 is 0. The van der Waals surface area contributed by atoms with Crippen LogP contribution in [0.4, 0.5) is 0 Å². The smallest absolute Gasteiger partial charge is 0.0691 e. The molecule has 86 valence electrons. The maximum Gasteiger partial charge on any atom is 0.0691 e. The largest absolute Gasteiger partial charge is 0.0910 e. The Labute approximate surface area is 100 Å². The molecule has 0 aliphatic heterocycles. The summed E-state index contributed by atoms with van der Waals surface area (Å²) in [6.07, 6.45) is 0. The molecule has 0 fully saturated rings. The number of benzene rings is 1. The molecule has 0 saturated heterocycles. The molecule has 0 nitrogen and oxygen atoms in total. The predicted molar refractivity (Wildman–Crippen MR) is 75.3 cm³/mol. The highest BCUT2D eigenvalue weighted by atomic mass is 28.3. The minimum absolute atomic E-state index is 0.679. The molecule has 2 atom stereocenters. The van der Waals surface area contributed by atoms with Crippen molar-refractivity contribution in [3.05, 3.63) is 41.1 Å². The maximum atomic E-state index is 2.58. The van der Waals surface area contributed by atoms with Gasteiger partial charge in [0, 0.05) is 0 Å². The van der Waals surface area contributed by atoms with Crippen LogP contribution in [0.3, 0.4) is 0 Å². The minimum atomic E-state index is -1.12. The van der Waals surface area contributed by atoms with Crippen molar-refractivity contribution in [1.82, 2.24) is 0 Å². The molecule has 0 heterocycles. The van der Waals surface area contributed by atoms with Crippen LogP contribution in [0.5, 0.6) is 0 Å². The number of fused-ring (bicyclic) bond motifs is 1. The van der Waals surface area contributed by atoms with E-state index in [2.05, 4.69) is 63.5 Å². The average Bonchev–Trinajstić information content (AvgIpc) is 2.43. The van der Waals surface area contributed by atoms with Gasteiger partial charge in [-0.1, -0.05) is 63.5 Å². The van der Waals surface area contributed by atoms with Crippen LogP contribution in [0.2, 0.25) is 19.6 Å². The van der Waals surface area contributed by atoms with Gasteiger partial charge < -0.3 is 0 Å². The van der Waals surface area contributed by atoms with Gasteiger partial charge in [-0.2, -0.15) is 0 Å². The van der Waals surface area contributed by atoms with Crippen molar-refractivity contribution in [2.75, 3.05) is 0 Å². The molecule has 0 aromatic heterocycles. The van der Waals surface area contributed by atoms with Gasteiger partial charge in [-0.3, -0.25) is 0 Å². The summed E-state index contributed by atoms with van der Waals surface area (Å²) in [7, 11) is -1.12. The van der Waals surface area contributed by atoms with Crippen molar-refractivity contribution in [3.8, 4) is 0 Å². The maximum absolute atomic E-state index is 2.58. The fourth-order valence-corrected chi connectivity index (χ4v) is 3.97. The lowest BCUT2D eigenvalue weighted by molar-refractivity contribution is 0.637.